The summed E-state index contributed by atoms with van der Waals surface area (Å²) >= 11 is 6.27. The molecule has 2 amide bonds. The molecule has 0 atom stereocenters. The van der Waals surface area contributed by atoms with E-state index in [0.717, 1.165) is 10.5 Å². The highest BCUT2D eigenvalue weighted by Gasteiger charge is 2.42. The lowest BCUT2D eigenvalue weighted by Crippen LogP contribution is -2.32. The SMILES string of the molecule is COc1ccccc1C1=C(Nc2cccc(Cl)c2C)C(=O)N(c2ccccc2OC)C1=O. The zero-order valence-corrected chi connectivity index (χ0v) is 18.6. The van der Waals surface area contributed by atoms with E-state index in [-0.39, 0.29) is 11.3 Å². The molecule has 0 aromatic heterocycles. The van der Waals surface area contributed by atoms with Gasteiger partial charge in [0.1, 0.15) is 17.2 Å². The van der Waals surface area contributed by atoms with Crippen molar-refractivity contribution in [2.75, 3.05) is 24.4 Å². The van der Waals surface area contributed by atoms with E-state index in [4.69, 9.17) is 21.1 Å². The van der Waals surface area contributed by atoms with Gasteiger partial charge in [-0.2, -0.15) is 0 Å². The Hall–Kier alpha value is -3.77. The van der Waals surface area contributed by atoms with Crippen molar-refractivity contribution in [3.63, 3.8) is 0 Å². The lowest BCUT2D eigenvalue weighted by Gasteiger charge is -2.18. The Balaban J connectivity index is 1.91. The number of ether oxygens (including phenoxy) is 2. The number of methoxy groups -OCH3 is 2. The number of hydrogen-bond acceptors (Lipinski definition) is 5. The molecule has 0 saturated carbocycles. The molecule has 0 radical (unpaired) electrons. The number of imide groups is 1. The molecule has 0 spiro atoms. The van der Waals surface area contributed by atoms with Gasteiger partial charge in [0.05, 0.1) is 25.5 Å². The van der Waals surface area contributed by atoms with Crippen LogP contribution in [0.25, 0.3) is 5.57 Å². The van der Waals surface area contributed by atoms with Gasteiger partial charge in [0, 0.05) is 16.3 Å². The molecule has 1 N–H and O–H groups in total. The number of para-hydroxylation sites is 3. The molecule has 0 saturated heterocycles. The van der Waals surface area contributed by atoms with Crippen molar-refractivity contribution in [2.24, 2.45) is 0 Å². The highest BCUT2D eigenvalue weighted by Crippen LogP contribution is 2.40. The molecule has 6 nitrogen and oxygen atoms in total. The number of halogens is 1. The molecule has 32 heavy (non-hydrogen) atoms. The summed E-state index contributed by atoms with van der Waals surface area (Å²) in [6, 6.07) is 19.3. The number of amides is 2. The zero-order chi connectivity index (χ0) is 22.8. The van der Waals surface area contributed by atoms with Gasteiger partial charge in [0.15, 0.2) is 0 Å². The van der Waals surface area contributed by atoms with Gasteiger partial charge in [-0.3, -0.25) is 9.59 Å². The summed E-state index contributed by atoms with van der Waals surface area (Å²) in [6.45, 7) is 1.84. The predicted octanol–water partition coefficient (Wildman–Crippen LogP) is 5.06. The van der Waals surface area contributed by atoms with Gasteiger partial charge in [-0.05, 0) is 42.8 Å². The zero-order valence-electron chi connectivity index (χ0n) is 17.8. The number of benzene rings is 3. The van der Waals surface area contributed by atoms with Gasteiger partial charge in [-0.25, -0.2) is 4.90 Å². The molecular weight excluding hydrogens is 428 g/mol. The Morgan fingerprint density at radius 2 is 1.47 bits per heavy atom. The summed E-state index contributed by atoms with van der Waals surface area (Å²) in [5.74, 6) is -0.0904. The average molecular weight is 449 g/mol. The molecule has 0 unspecified atom stereocenters. The van der Waals surface area contributed by atoms with Crippen LogP contribution in [0.3, 0.4) is 0 Å². The van der Waals surface area contributed by atoms with E-state index in [2.05, 4.69) is 5.32 Å². The highest BCUT2D eigenvalue weighted by molar-refractivity contribution is 6.46. The van der Waals surface area contributed by atoms with Gasteiger partial charge in [-0.1, -0.05) is 48.0 Å². The minimum Gasteiger partial charge on any atom is -0.496 e. The Morgan fingerprint density at radius 3 is 2.19 bits per heavy atom. The number of hydrogen-bond donors (Lipinski definition) is 1. The number of nitrogens with zero attached hydrogens (tertiary/aromatic N) is 1. The van der Waals surface area contributed by atoms with E-state index < -0.39 is 11.8 Å². The minimum absolute atomic E-state index is 0.135. The Labute approximate surface area is 191 Å². The summed E-state index contributed by atoms with van der Waals surface area (Å²) in [6.07, 6.45) is 0. The van der Waals surface area contributed by atoms with Crippen LogP contribution >= 0.6 is 11.6 Å². The van der Waals surface area contributed by atoms with E-state index in [1.54, 1.807) is 66.7 Å². The summed E-state index contributed by atoms with van der Waals surface area (Å²) < 4.78 is 10.9. The molecule has 1 aliphatic heterocycles. The van der Waals surface area contributed by atoms with Crippen LogP contribution < -0.4 is 19.7 Å². The van der Waals surface area contributed by atoms with Crippen molar-refractivity contribution in [1.82, 2.24) is 0 Å². The number of nitrogens with one attached hydrogen (secondary N) is 1. The standard InChI is InChI=1S/C25H21ClN2O4/c1-15-17(26)10-8-11-18(15)27-23-22(16-9-4-6-13-20(16)31-2)24(29)28(25(23)30)19-12-5-7-14-21(19)32-3/h4-14,27H,1-3H3. The molecular formula is C25H21ClN2O4. The molecule has 162 valence electrons. The van der Waals surface area contributed by atoms with Crippen LogP contribution in [-0.4, -0.2) is 26.0 Å². The third kappa shape index (κ3) is 3.59. The van der Waals surface area contributed by atoms with Gasteiger partial charge in [0.2, 0.25) is 0 Å². The maximum absolute atomic E-state index is 13.7. The Bertz CT molecular complexity index is 1250. The molecule has 0 fully saturated rings. The fourth-order valence-electron chi connectivity index (χ4n) is 3.66. The van der Waals surface area contributed by atoms with Crippen molar-refractivity contribution >= 4 is 40.4 Å². The van der Waals surface area contributed by atoms with Crippen molar-refractivity contribution in [1.29, 1.82) is 0 Å². The first kappa shape index (κ1) is 21.5. The maximum Gasteiger partial charge on any atom is 0.282 e. The second kappa shape index (κ2) is 8.77. The maximum atomic E-state index is 13.7. The topological polar surface area (TPSA) is 67.9 Å². The molecule has 1 heterocycles. The van der Waals surface area contributed by atoms with Crippen molar-refractivity contribution in [3.05, 3.63) is 88.6 Å². The summed E-state index contributed by atoms with van der Waals surface area (Å²) in [7, 11) is 3.01. The fourth-order valence-corrected chi connectivity index (χ4v) is 3.83. The normalized spacial score (nSPS) is 13.6. The van der Waals surface area contributed by atoms with Gasteiger partial charge < -0.3 is 14.8 Å². The third-order valence-electron chi connectivity index (χ3n) is 5.31. The van der Waals surface area contributed by atoms with Crippen LogP contribution in [0.2, 0.25) is 5.02 Å². The van der Waals surface area contributed by atoms with Crippen LogP contribution in [0.5, 0.6) is 11.5 Å². The quantitative estimate of drug-likeness (QED) is 0.534. The van der Waals surface area contributed by atoms with E-state index in [9.17, 15) is 9.59 Å². The summed E-state index contributed by atoms with van der Waals surface area (Å²) in [5.41, 5.74) is 2.60. The second-order valence-electron chi connectivity index (χ2n) is 7.11. The lowest BCUT2D eigenvalue weighted by atomic mass is 10.0. The molecule has 3 aromatic carbocycles. The van der Waals surface area contributed by atoms with Gasteiger partial charge in [-0.15, -0.1) is 0 Å². The third-order valence-corrected chi connectivity index (χ3v) is 5.72. The van der Waals surface area contributed by atoms with Crippen LogP contribution in [0.1, 0.15) is 11.1 Å². The Kier molecular flexibility index (Phi) is 5.88. The van der Waals surface area contributed by atoms with Crippen molar-refractivity contribution < 1.29 is 19.1 Å². The lowest BCUT2D eigenvalue weighted by molar-refractivity contribution is -0.120. The number of carbonyl (C=O) groups excluding carboxylic acids is 2. The monoisotopic (exact) mass is 448 g/mol. The molecule has 1 aliphatic rings. The van der Waals surface area contributed by atoms with Gasteiger partial charge in [0.25, 0.3) is 11.8 Å². The first-order valence-corrected chi connectivity index (χ1v) is 10.3. The van der Waals surface area contributed by atoms with Crippen LogP contribution in [0, 0.1) is 6.92 Å². The molecule has 0 aliphatic carbocycles. The molecule has 3 aromatic rings. The fraction of sp³-hybridized carbons (Fsp3) is 0.120. The Morgan fingerprint density at radius 1 is 0.812 bits per heavy atom. The number of anilines is 2. The highest BCUT2D eigenvalue weighted by atomic mass is 35.5. The molecule has 0 bridgehead atoms. The van der Waals surface area contributed by atoms with Crippen molar-refractivity contribution in [2.45, 2.75) is 6.92 Å². The van der Waals surface area contributed by atoms with Crippen molar-refractivity contribution in [3.8, 4) is 11.5 Å². The van der Waals surface area contributed by atoms with Crippen LogP contribution in [0.15, 0.2) is 72.4 Å². The predicted molar refractivity (Wildman–Crippen MR) is 125 cm³/mol. The average Bonchev–Trinajstić information content (AvgIpc) is 3.05. The summed E-state index contributed by atoms with van der Waals surface area (Å²) in [5, 5.41) is 3.70. The van der Waals surface area contributed by atoms with E-state index in [1.807, 2.05) is 6.92 Å². The smallest absolute Gasteiger partial charge is 0.282 e. The van der Waals surface area contributed by atoms with E-state index in [1.165, 1.54) is 14.2 Å². The molecule has 4 rings (SSSR count). The van der Waals surface area contributed by atoms with Crippen LogP contribution in [0.4, 0.5) is 11.4 Å². The number of rotatable bonds is 6. The first-order chi connectivity index (χ1) is 15.5. The minimum atomic E-state index is -0.500. The number of carbonyl (C=O) groups is 2. The van der Waals surface area contributed by atoms with Gasteiger partial charge >= 0.3 is 0 Å². The largest absolute Gasteiger partial charge is 0.496 e. The first-order valence-electron chi connectivity index (χ1n) is 9.89. The van der Waals surface area contributed by atoms with E-state index in [0.29, 0.717) is 33.5 Å². The van der Waals surface area contributed by atoms with E-state index >= 15 is 0 Å². The summed E-state index contributed by atoms with van der Waals surface area (Å²) in [4.78, 5) is 28.4. The van der Waals surface area contributed by atoms with Crippen LogP contribution in [-0.2, 0) is 9.59 Å². The molecule has 7 heteroatoms. The second-order valence-corrected chi connectivity index (χ2v) is 7.51.